The lowest BCUT2D eigenvalue weighted by molar-refractivity contribution is -0.141. The molecule has 1 N–H and O–H groups in total. The number of aryl methyl sites for hydroxylation is 1. The van der Waals surface area contributed by atoms with Gasteiger partial charge in [-0.15, -0.1) is 0 Å². The number of rotatable bonds is 3. The molecule has 3 heterocycles. The molecular formula is C16H18F3N5O. The average molecular weight is 353 g/mol. The van der Waals surface area contributed by atoms with Gasteiger partial charge in [-0.05, 0) is 24.5 Å². The van der Waals surface area contributed by atoms with Crippen molar-refractivity contribution in [3.05, 3.63) is 42.2 Å². The first kappa shape index (κ1) is 17.2. The fourth-order valence-corrected chi connectivity index (χ4v) is 2.93. The molecule has 0 radical (unpaired) electrons. The zero-order valence-electron chi connectivity index (χ0n) is 13.6. The van der Waals surface area contributed by atoms with Gasteiger partial charge in [0.25, 0.3) is 0 Å². The Hall–Kier alpha value is -2.58. The van der Waals surface area contributed by atoms with Crippen molar-refractivity contribution in [1.29, 1.82) is 0 Å². The molecule has 6 nitrogen and oxygen atoms in total. The molecule has 25 heavy (non-hydrogen) atoms. The Kier molecular flexibility index (Phi) is 4.65. The first-order chi connectivity index (χ1) is 11.8. The molecule has 2 amide bonds. The van der Waals surface area contributed by atoms with Crippen molar-refractivity contribution < 1.29 is 18.0 Å². The highest BCUT2D eigenvalue weighted by atomic mass is 19.4. The van der Waals surface area contributed by atoms with Crippen LogP contribution in [0.15, 0.2) is 30.7 Å². The topological polar surface area (TPSA) is 63.1 Å². The number of carbonyl (C=O) groups excluding carboxylic acids is 1. The van der Waals surface area contributed by atoms with Gasteiger partial charge in [0.1, 0.15) is 5.82 Å². The Morgan fingerprint density at radius 1 is 1.48 bits per heavy atom. The lowest BCUT2D eigenvalue weighted by Crippen LogP contribution is -2.37. The number of pyridine rings is 1. The smallest absolute Gasteiger partial charge is 0.334 e. The predicted molar refractivity (Wildman–Crippen MR) is 84.9 cm³/mol. The summed E-state index contributed by atoms with van der Waals surface area (Å²) in [7, 11) is 1.66. The van der Waals surface area contributed by atoms with Crippen LogP contribution in [0.1, 0.15) is 17.9 Å². The number of aromatic nitrogens is 3. The summed E-state index contributed by atoms with van der Waals surface area (Å²) < 4.78 is 39.8. The largest absolute Gasteiger partial charge is 0.434 e. The molecular weight excluding hydrogens is 335 g/mol. The number of hydrogen-bond acceptors (Lipinski definition) is 3. The van der Waals surface area contributed by atoms with Crippen molar-refractivity contribution in [2.45, 2.75) is 25.6 Å². The number of carbonyl (C=O) groups is 1. The lowest BCUT2D eigenvalue weighted by Gasteiger charge is -2.28. The molecule has 9 heteroatoms. The molecule has 1 aliphatic heterocycles. The third-order valence-corrected chi connectivity index (χ3v) is 4.17. The van der Waals surface area contributed by atoms with Crippen molar-refractivity contribution in [2.75, 3.05) is 18.9 Å². The Morgan fingerprint density at radius 3 is 2.96 bits per heavy atom. The first-order valence-electron chi connectivity index (χ1n) is 7.88. The minimum atomic E-state index is -4.43. The number of halogens is 3. The fourth-order valence-electron chi connectivity index (χ4n) is 2.93. The number of nitrogens with zero attached hydrogens (tertiary/aromatic N) is 4. The van der Waals surface area contributed by atoms with E-state index in [0.717, 1.165) is 6.20 Å². The van der Waals surface area contributed by atoms with Gasteiger partial charge < -0.3 is 14.8 Å². The van der Waals surface area contributed by atoms with Crippen LogP contribution in [0.25, 0.3) is 0 Å². The standard InChI is InChI=1S/C16H18F3N5O/c1-23(15(25)21-12-3-2-6-20-7-12)8-11-4-5-14-22-13(16(17,18)19)10-24(14)9-11/h2-3,6-7,10-11H,4-5,8-9H2,1H3,(H,21,25)/t11-/m0/s1. The maximum absolute atomic E-state index is 12.8. The zero-order chi connectivity index (χ0) is 18.0. The van der Waals surface area contributed by atoms with Gasteiger partial charge in [-0.2, -0.15) is 13.2 Å². The number of alkyl halides is 3. The number of amides is 2. The third-order valence-electron chi connectivity index (χ3n) is 4.17. The zero-order valence-corrected chi connectivity index (χ0v) is 13.6. The average Bonchev–Trinajstić information content (AvgIpc) is 2.99. The van der Waals surface area contributed by atoms with E-state index in [9.17, 15) is 18.0 Å². The SMILES string of the molecule is CN(C[C@@H]1CCc2nc(C(F)(F)F)cn2C1)C(=O)Nc1cccnc1. The summed E-state index contributed by atoms with van der Waals surface area (Å²) in [6.45, 7) is 0.869. The maximum atomic E-state index is 12.8. The van der Waals surface area contributed by atoms with Crippen LogP contribution in [0.4, 0.5) is 23.7 Å². The fraction of sp³-hybridized carbons (Fsp3) is 0.438. The van der Waals surface area contributed by atoms with Gasteiger partial charge in [-0.1, -0.05) is 0 Å². The summed E-state index contributed by atoms with van der Waals surface area (Å²) in [5.74, 6) is 0.526. The van der Waals surface area contributed by atoms with Crippen molar-refractivity contribution in [3.8, 4) is 0 Å². The predicted octanol–water partition coefficient (Wildman–Crippen LogP) is 3.02. The number of fused-ring (bicyclic) bond motifs is 1. The quantitative estimate of drug-likeness (QED) is 0.923. The van der Waals surface area contributed by atoms with Crippen LogP contribution in [0.3, 0.4) is 0 Å². The van der Waals surface area contributed by atoms with Gasteiger partial charge in [-0.3, -0.25) is 4.98 Å². The van der Waals surface area contributed by atoms with Gasteiger partial charge >= 0.3 is 12.2 Å². The molecule has 1 atom stereocenters. The van der Waals surface area contributed by atoms with Gasteiger partial charge in [0.2, 0.25) is 0 Å². The van der Waals surface area contributed by atoms with Crippen LogP contribution in [0, 0.1) is 5.92 Å². The molecule has 0 saturated heterocycles. The summed E-state index contributed by atoms with van der Waals surface area (Å²) in [6.07, 6.45) is 0.942. The van der Waals surface area contributed by atoms with Crippen LogP contribution in [-0.2, 0) is 19.1 Å². The number of urea groups is 1. The maximum Gasteiger partial charge on any atom is 0.434 e. The molecule has 0 aromatic carbocycles. The van der Waals surface area contributed by atoms with E-state index in [4.69, 9.17) is 0 Å². The van der Waals surface area contributed by atoms with E-state index in [1.807, 2.05) is 0 Å². The molecule has 0 aliphatic carbocycles. The van der Waals surface area contributed by atoms with Crippen molar-refractivity contribution >= 4 is 11.7 Å². The van der Waals surface area contributed by atoms with Crippen LogP contribution < -0.4 is 5.32 Å². The molecule has 0 spiro atoms. The molecule has 2 aromatic rings. The van der Waals surface area contributed by atoms with E-state index >= 15 is 0 Å². The minimum absolute atomic E-state index is 0.0763. The summed E-state index contributed by atoms with van der Waals surface area (Å²) in [4.78, 5) is 21.3. The van der Waals surface area contributed by atoms with Crippen LogP contribution in [0.2, 0.25) is 0 Å². The Labute approximate surface area is 142 Å². The number of anilines is 1. The van der Waals surface area contributed by atoms with Gasteiger partial charge in [0.15, 0.2) is 5.69 Å². The highest BCUT2D eigenvalue weighted by Crippen LogP contribution is 2.30. The molecule has 3 rings (SSSR count). The van der Waals surface area contributed by atoms with Crippen molar-refractivity contribution in [1.82, 2.24) is 19.4 Å². The number of nitrogens with one attached hydrogen (secondary N) is 1. The molecule has 0 fully saturated rings. The first-order valence-corrected chi connectivity index (χ1v) is 7.88. The van der Waals surface area contributed by atoms with Crippen LogP contribution >= 0.6 is 0 Å². The monoisotopic (exact) mass is 353 g/mol. The van der Waals surface area contributed by atoms with Crippen LogP contribution in [0.5, 0.6) is 0 Å². The van der Waals surface area contributed by atoms with E-state index in [1.54, 1.807) is 36.1 Å². The van der Waals surface area contributed by atoms with Crippen LogP contribution in [-0.4, -0.2) is 39.1 Å². The Morgan fingerprint density at radius 2 is 2.28 bits per heavy atom. The van der Waals surface area contributed by atoms with Gasteiger partial charge in [-0.25, -0.2) is 9.78 Å². The number of hydrogen-bond donors (Lipinski definition) is 1. The lowest BCUT2D eigenvalue weighted by atomic mass is 9.99. The van der Waals surface area contributed by atoms with Crippen molar-refractivity contribution in [2.24, 2.45) is 5.92 Å². The normalized spacial score (nSPS) is 17.0. The number of imidazole rings is 1. The molecule has 134 valence electrons. The molecule has 1 aliphatic rings. The summed E-state index contributed by atoms with van der Waals surface area (Å²) in [6, 6.07) is 3.17. The summed E-state index contributed by atoms with van der Waals surface area (Å²) in [5, 5.41) is 2.73. The molecule has 2 aromatic heterocycles. The Bertz CT molecular complexity index is 744. The van der Waals surface area contributed by atoms with E-state index in [-0.39, 0.29) is 11.9 Å². The summed E-state index contributed by atoms with van der Waals surface area (Å²) >= 11 is 0. The third kappa shape index (κ3) is 4.09. The van der Waals surface area contributed by atoms with E-state index < -0.39 is 11.9 Å². The minimum Gasteiger partial charge on any atom is -0.334 e. The highest BCUT2D eigenvalue weighted by Gasteiger charge is 2.36. The second-order valence-corrected chi connectivity index (χ2v) is 6.15. The van der Waals surface area contributed by atoms with Crippen molar-refractivity contribution in [3.63, 3.8) is 0 Å². The second-order valence-electron chi connectivity index (χ2n) is 6.15. The highest BCUT2D eigenvalue weighted by molar-refractivity contribution is 5.88. The molecule has 0 saturated carbocycles. The Balaban J connectivity index is 1.59. The van der Waals surface area contributed by atoms with E-state index in [1.165, 1.54) is 4.90 Å². The molecule has 0 unspecified atom stereocenters. The van der Waals surface area contributed by atoms with E-state index in [2.05, 4.69) is 15.3 Å². The summed E-state index contributed by atoms with van der Waals surface area (Å²) in [5.41, 5.74) is -0.263. The van der Waals surface area contributed by atoms with Gasteiger partial charge in [0, 0.05) is 39.0 Å². The molecule has 0 bridgehead atoms. The second kappa shape index (κ2) is 6.73. The van der Waals surface area contributed by atoms with Gasteiger partial charge in [0.05, 0.1) is 11.9 Å². The van der Waals surface area contributed by atoms with E-state index in [0.29, 0.717) is 37.4 Å².